The Labute approximate surface area is 95.8 Å². The van der Waals surface area contributed by atoms with E-state index >= 15 is 0 Å². The number of aromatic nitrogens is 1. The number of benzene rings is 1. The molecule has 82 valence electrons. The highest BCUT2D eigenvalue weighted by molar-refractivity contribution is 6.35. The first-order valence-electron chi connectivity index (χ1n) is 4.58. The van der Waals surface area contributed by atoms with Crippen LogP contribution >= 0.6 is 11.6 Å². The minimum atomic E-state index is -0.678. The average Bonchev–Trinajstić information content (AvgIpc) is 2.58. The fourth-order valence-corrected chi connectivity index (χ4v) is 1.64. The van der Waals surface area contributed by atoms with Crippen molar-refractivity contribution in [2.24, 2.45) is 0 Å². The Morgan fingerprint density at radius 3 is 2.62 bits per heavy atom. The molecule has 2 aromatic rings. The van der Waals surface area contributed by atoms with Gasteiger partial charge in [0.15, 0.2) is 0 Å². The maximum absolute atomic E-state index is 12.0. The number of aromatic amines is 1. The topological polar surface area (TPSA) is 63.1 Å². The van der Waals surface area contributed by atoms with E-state index in [0.717, 1.165) is 0 Å². The molecule has 0 bridgehead atoms. The van der Waals surface area contributed by atoms with Gasteiger partial charge in [0.2, 0.25) is 5.78 Å². The van der Waals surface area contributed by atoms with Gasteiger partial charge in [0.25, 0.3) is 0 Å². The second-order valence-electron chi connectivity index (χ2n) is 3.30. The Morgan fingerprint density at radius 2 is 2.06 bits per heavy atom. The molecule has 0 unspecified atom stereocenters. The molecular weight excluding hydrogens is 230 g/mol. The van der Waals surface area contributed by atoms with Gasteiger partial charge in [0.1, 0.15) is 5.56 Å². The number of carbonyl (C=O) groups is 1. The normalized spacial score (nSPS) is 10.4. The van der Waals surface area contributed by atoms with E-state index in [0.29, 0.717) is 16.3 Å². The molecule has 0 radical (unpaired) electrons. The third-order valence-electron chi connectivity index (χ3n) is 2.22. The molecule has 2 rings (SSSR count). The molecule has 0 saturated heterocycles. The van der Waals surface area contributed by atoms with Gasteiger partial charge in [-0.2, -0.15) is 0 Å². The largest absolute Gasteiger partial charge is 0.368 e. The Morgan fingerprint density at radius 1 is 1.38 bits per heavy atom. The van der Waals surface area contributed by atoms with Crippen molar-refractivity contribution in [2.75, 3.05) is 0 Å². The van der Waals surface area contributed by atoms with Gasteiger partial charge in [0, 0.05) is 5.56 Å². The van der Waals surface area contributed by atoms with Gasteiger partial charge in [-0.25, -0.2) is 9.95 Å². The lowest BCUT2D eigenvalue weighted by atomic mass is 10.0. The quantitative estimate of drug-likeness (QED) is 0.814. The van der Waals surface area contributed by atoms with Gasteiger partial charge < -0.3 is 4.52 Å². The second kappa shape index (κ2) is 3.98. The van der Waals surface area contributed by atoms with E-state index in [2.05, 4.69) is 9.68 Å². The van der Waals surface area contributed by atoms with E-state index in [1.165, 1.54) is 0 Å². The van der Waals surface area contributed by atoms with Crippen LogP contribution in [0, 0.1) is 6.92 Å². The fraction of sp³-hybridized carbons (Fsp3) is 0.0909. The molecule has 0 fully saturated rings. The van der Waals surface area contributed by atoms with Gasteiger partial charge in [-0.15, -0.1) is 0 Å². The zero-order chi connectivity index (χ0) is 11.7. The summed E-state index contributed by atoms with van der Waals surface area (Å²) < 4.78 is 4.53. The molecule has 1 aromatic heterocycles. The molecule has 1 N–H and O–H groups in total. The van der Waals surface area contributed by atoms with Gasteiger partial charge in [-0.05, 0) is 19.1 Å². The number of aryl methyl sites for hydroxylation is 1. The van der Waals surface area contributed by atoms with E-state index in [-0.39, 0.29) is 5.56 Å². The lowest BCUT2D eigenvalue weighted by molar-refractivity contribution is 0.103. The lowest BCUT2D eigenvalue weighted by Crippen LogP contribution is -2.12. The fourth-order valence-electron chi connectivity index (χ4n) is 1.42. The SMILES string of the molecule is Cc1[nH]oc(=O)c1C(=O)c1ccccc1Cl. The summed E-state index contributed by atoms with van der Waals surface area (Å²) in [6, 6.07) is 6.56. The Hall–Kier alpha value is -1.81. The van der Waals surface area contributed by atoms with Crippen LogP contribution in [0.5, 0.6) is 0 Å². The van der Waals surface area contributed by atoms with E-state index in [1.54, 1.807) is 31.2 Å². The lowest BCUT2D eigenvalue weighted by Gasteiger charge is -2.00. The molecule has 1 heterocycles. The van der Waals surface area contributed by atoms with Crippen LogP contribution < -0.4 is 5.63 Å². The summed E-state index contributed by atoms with van der Waals surface area (Å²) in [5.74, 6) is -0.432. The molecule has 0 saturated carbocycles. The van der Waals surface area contributed by atoms with Crippen LogP contribution in [0.2, 0.25) is 5.02 Å². The van der Waals surface area contributed by atoms with Crippen LogP contribution in [-0.4, -0.2) is 10.9 Å². The maximum Gasteiger partial charge on any atom is 0.368 e. The molecule has 0 amide bonds. The molecule has 5 heteroatoms. The summed E-state index contributed by atoms with van der Waals surface area (Å²) in [4.78, 5) is 23.3. The standard InChI is InChI=1S/C11H8ClNO3/c1-6-9(11(15)16-13-6)10(14)7-4-2-3-5-8(7)12/h2-5,13H,1H3. The minimum absolute atomic E-state index is 0.00639. The number of halogens is 1. The van der Waals surface area contributed by atoms with Crippen LogP contribution in [0.25, 0.3) is 0 Å². The summed E-state index contributed by atoms with van der Waals surface area (Å²) in [6.07, 6.45) is 0. The number of nitrogens with one attached hydrogen (secondary N) is 1. The number of hydrogen-bond donors (Lipinski definition) is 1. The summed E-state index contributed by atoms with van der Waals surface area (Å²) >= 11 is 5.88. The van der Waals surface area contributed by atoms with Gasteiger partial charge in [-0.1, -0.05) is 23.7 Å². The summed E-state index contributed by atoms with van der Waals surface area (Å²) in [5, 5.41) is 2.67. The van der Waals surface area contributed by atoms with E-state index in [9.17, 15) is 9.59 Å². The monoisotopic (exact) mass is 237 g/mol. The van der Waals surface area contributed by atoms with Crippen molar-refractivity contribution in [3.63, 3.8) is 0 Å². The molecular formula is C11H8ClNO3. The molecule has 0 aliphatic heterocycles. The minimum Gasteiger partial charge on any atom is -0.338 e. The molecule has 0 atom stereocenters. The predicted octanol–water partition coefficient (Wildman–Crippen LogP) is 2.16. The number of carbonyl (C=O) groups excluding carboxylic acids is 1. The van der Waals surface area contributed by atoms with Crippen molar-refractivity contribution in [1.82, 2.24) is 5.16 Å². The molecule has 4 nitrogen and oxygen atoms in total. The van der Waals surface area contributed by atoms with Crippen LogP contribution in [0.4, 0.5) is 0 Å². The highest BCUT2D eigenvalue weighted by Gasteiger charge is 2.20. The molecule has 0 aliphatic carbocycles. The Kier molecular flexibility index (Phi) is 2.66. The predicted molar refractivity (Wildman–Crippen MR) is 59.0 cm³/mol. The smallest absolute Gasteiger partial charge is 0.338 e. The van der Waals surface area contributed by atoms with Crippen molar-refractivity contribution in [1.29, 1.82) is 0 Å². The zero-order valence-corrected chi connectivity index (χ0v) is 9.17. The first-order chi connectivity index (χ1) is 7.61. The molecule has 0 spiro atoms. The van der Waals surface area contributed by atoms with Gasteiger partial charge >= 0.3 is 5.63 Å². The summed E-state index contributed by atoms with van der Waals surface area (Å²) in [6.45, 7) is 1.59. The van der Waals surface area contributed by atoms with Crippen LogP contribution in [-0.2, 0) is 0 Å². The molecule has 16 heavy (non-hydrogen) atoms. The average molecular weight is 238 g/mol. The number of ketones is 1. The zero-order valence-electron chi connectivity index (χ0n) is 8.41. The number of rotatable bonds is 2. The first-order valence-corrected chi connectivity index (χ1v) is 4.96. The van der Waals surface area contributed by atoms with Crippen LogP contribution in [0.3, 0.4) is 0 Å². The second-order valence-corrected chi connectivity index (χ2v) is 3.71. The third-order valence-corrected chi connectivity index (χ3v) is 2.55. The summed E-state index contributed by atoms with van der Waals surface area (Å²) in [7, 11) is 0. The van der Waals surface area contributed by atoms with Gasteiger partial charge in [-0.3, -0.25) is 4.79 Å². The Balaban J connectivity index is 2.56. The van der Waals surface area contributed by atoms with E-state index in [4.69, 9.17) is 11.6 Å². The van der Waals surface area contributed by atoms with Crippen LogP contribution in [0.15, 0.2) is 33.6 Å². The first kappa shape index (κ1) is 10.7. The summed E-state index contributed by atoms with van der Waals surface area (Å²) in [5.41, 5.74) is 0.00426. The number of H-pyrrole nitrogens is 1. The van der Waals surface area contributed by atoms with E-state index < -0.39 is 11.4 Å². The van der Waals surface area contributed by atoms with Crippen molar-refractivity contribution in [2.45, 2.75) is 6.92 Å². The van der Waals surface area contributed by atoms with Gasteiger partial charge in [0.05, 0.1) is 10.7 Å². The van der Waals surface area contributed by atoms with Crippen molar-refractivity contribution in [3.8, 4) is 0 Å². The highest BCUT2D eigenvalue weighted by atomic mass is 35.5. The highest BCUT2D eigenvalue weighted by Crippen LogP contribution is 2.18. The van der Waals surface area contributed by atoms with Crippen molar-refractivity contribution < 1.29 is 9.32 Å². The molecule has 0 aliphatic rings. The van der Waals surface area contributed by atoms with Crippen molar-refractivity contribution in [3.05, 3.63) is 56.5 Å². The molecule has 1 aromatic carbocycles. The van der Waals surface area contributed by atoms with Crippen molar-refractivity contribution >= 4 is 17.4 Å². The Bertz CT molecular complexity index is 597. The maximum atomic E-state index is 12.0. The van der Waals surface area contributed by atoms with Crippen LogP contribution in [0.1, 0.15) is 21.6 Å². The number of hydrogen-bond acceptors (Lipinski definition) is 3. The van der Waals surface area contributed by atoms with E-state index in [1.807, 2.05) is 0 Å². The third kappa shape index (κ3) is 1.67.